The largest absolute Gasteiger partial charge is 0.465 e. The Morgan fingerprint density at radius 2 is 1.86 bits per heavy atom. The molecular formula is C20H16FN3O4. The van der Waals surface area contributed by atoms with Crippen LogP contribution in [-0.4, -0.2) is 28.5 Å². The second-order valence-corrected chi connectivity index (χ2v) is 5.83. The Kier molecular flexibility index (Phi) is 5.59. The van der Waals surface area contributed by atoms with Gasteiger partial charge in [0.15, 0.2) is 0 Å². The zero-order valence-electron chi connectivity index (χ0n) is 14.9. The average molecular weight is 381 g/mol. The quantitative estimate of drug-likeness (QED) is 0.686. The van der Waals surface area contributed by atoms with Gasteiger partial charge in [-0.15, -0.1) is 0 Å². The van der Waals surface area contributed by atoms with Gasteiger partial charge in [0.2, 0.25) is 5.91 Å². The van der Waals surface area contributed by atoms with E-state index < -0.39 is 17.4 Å². The second kappa shape index (κ2) is 8.26. The number of benzene rings is 2. The van der Waals surface area contributed by atoms with Crippen LogP contribution >= 0.6 is 0 Å². The van der Waals surface area contributed by atoms with Gasteiger partial charge in [0.1, 0.15) is 12.4 Å². The minimum Gasteiger partial charge on any atom is -0.465 e. The van der Waals surface area contributed by atoms with Gasteiger partial charge in [0, 0.05) is 11.6 Å². The molecule has 28 heavy (non-hydrogen) atoms. The van der Waals surface area contributed by atoms with Crippen LogP contribution in [0.4, 0.5) is 10.1 Å². The molecule has 8 heteroatoms. The molecule has 2 aromatic carbocycles. The fraction of sp³-hybridized carbons (Fsp3) is 0.100. The maximum Gasteiger partial charge on any atom is 0.339 e. The maximum atomic E-state index is 13.0. The first-order valence-corrected chi connectivity index (χ1v) is 8.27. The second-order valence-electron chi connectivity index (χ2n) is 5.83. The van der Waals surface area contributed by atoms with Crippen LogP contribution in [0.25, 0.3) is 11.3 Å². The zero-order chi connectivity index (χ0) is 20.1. The number of anilines is 1. The van der Waals surface area contributed by atoms with Crippen molar-refractivity contribution in [2.75, 3.05) is 12.4 Å². The number of carbonyl (C=O) groups is 2. The van der Waals surface area contributed by atoms with Crippen molar-refractivity contribution in [3.8, 4) is 11.3 Å². The van der Waals surface area contributed by atoms with Crippen LogP contribution in [-0.2, 0) is 16.1 Å². The summed E-state index contributed by atoms with van der Waals surface area (Å²) in [5, 5.41) is 2.59. The van der Waals surface area contributed by atoms with Crippen molar-refractivity contribution in [3.05, 3.63) is 82.7 Å². The predicted molar refractivity (Wildman–Crippen MR) is 100 cm³/mol. The van der Waals surface area contributed by atoms with Crippen molar-refractivity contribution in [3.63, 3.8) is 0 Å². The van der Waals surface area contributed by atoms with Gasteiger partial charge in [0.25, 0.3) is 5.56 Å². The summed E-state index contributed by atoms with van der Waals surface area (Å²) in [6.45, 7) is -0.287. The van der Waals surface area contributed by atoms with Crippen LogP contribution in [0.1, 0.15) is 10.4 Å². The molecule has 0 aliphatic heterocycles. The van der Waals surface area contributed by atoms with E-state index >= 15 is 0 Å². The first-order valence-electron chi connectivity index (χ1n) is 8.27. The van der Waals surface area contributed by atoms with Crippen molar-refractivity contribution >= 4 is 17.6 Å². The number of methoxy groups -OCH3 is 1. The maximum absolute atomic E-state index is 13.0. The van der Waals surface area contributed by atoms with Crippen LogP contribution in [0.3, 0.4) is 0 Å². The molecule has 0 aliphatic rings. The fourth-order valence-electron chi connectivity index (χ4n) is 2.55. The summed E-state index contributed by atoms with van der Waals surface area (Å²) in [7, 11) is 1.24. The van der Waals surface area contributed by atoms with Gasteiger partial charge < -0.3 is 10.1 Å². The molecule has 0 fully saturated rings. The number of ether oxygens (including phenoxy) is 1. The number of para-hydroxylation sites is 1. The summed E-state index contributed by atoms with van der Waals surface area (Å²) >= 11 is 0. The van der Waals surface area contributed by atoms with Crippen molar-refractivity contribution in [2.45, 2.75) is 6.54 Å². The number of carbonyl (C=O) groups excluding carboxylic acids is 2. The Morgan fingerprint density at radius 1 is 1.14 bits per heavy atom. The van der Waals surface area contributed by atoms with Gasteiger partial charge in [-0.05, 0) is 36.4 Å². The standard InChI is InChI=1S/C20H16FN3O4/c1-28-20(27)15-4-2-3-5-16(15)23-18(25)11-24-12-22-17(10-19(24)26)13-6-8-14(21)9-7-13/h2-10,12H,11H2,1H3,(H,23,25). The van der Waals surface area contributed by atoms with E-state index in [0.717, 1.165) is 4.57 Å². The minimum absolute atomic E-state index is 0.204. The molecule has 3 aromatic rings. The molecule has 0 saturated heterocycles. The number of halogens is 1. The lowest BCUT2D eigenvalue weighted by molar-refractivity contribution is -0.116. The van der Waals surface area contributed by atoms with E-state index in [1.807, 2.05) is 0 Å². The summed E-state index contributed by atoms with van der Waals surface area (Å²) in [6, 6.07) is 13.2. The molecule has 0 spiro atoms. The molecular weight excluding hydrogens is 365 g/mol. The minimum atomic E-state index is -0.585. The number of aromatic nitrogens is 2. The van der Waals surface area contributed by atoms with E-state index in [1.165, 1.54) is 49.8 Å². The summed E-state index contributed by atoms with van der Waals surface area (Å²) in [6.07, 6.45) is 1.24. The zero-order valence-corrected chi connectivity index (χ0v) is 14.9. The Hall–Kier alpha value is -3.81. The molecule has 1 heterocycles. The van der Waals surface area contributed by atoms with Gasteiger partial charge in [-0.25, -0.2) is 14.2 Å². The molecule has 1 amide bonds. The Labute approximate surface area is 159 Å². The molecule has 0 atom stereocenters. The van der Waals surface area contributed by atoms with Crippen LogP contribution in [0.2, 0.25) is 0 Å². The SMILES string of the molecule is COC(=O)c1ccccc1NC(=O)Cn1cnc(-c2ccc(F)cc2)cc1=O. The van der Waals surface area contributed by atoms with E-state index in [4.69, 9.17) is 0 Å². The number of nitrogens with one attached hydrogen (secondary N) is 1. The lowest BCUT2D eigenvalue weighted by Crippen LogP contribution is -2.28. The van der Waals surface area contributed by atoms with E-state index in [0.29, 0.717) is 11.3 Å². The number of hydrogen-bond donors (Lipinski definition) is 1. The van der Waals surface area contributed by atoms with Gasteiger partial charge in [0.05, 0.1) is 30.4 Å². The number of amides is 1. The number of esters is 1. The number of rotatable bonds is 5. The normalized spacial score (nSPS) is 10.4. The summed E-state index contributed by atoms with van der Waals surface area (Å²) in [5.41, 5.74) is 1.00. The summed E-state index contributed by atoms with van der Waals surface area (Å²) in [5.74, 6) is -1.48. The Balaban J connectivity index is 1.76. The molecule has 0 radical (unpaired) electrons. The third kappa shape index (κ3) is 4.29. The van der Waals surface area contributed by atoms with Crippen LogP contribution in [0.5, 0.6) is 0 Å². The predicted octanol–water partition coefficient (Wildman–Crippen LogP) is 2.47. The van der Waals surface area contributed by atoms with Crippen LogP contribution in [0.15, 0.2) is 65.7 Å². The molecule has 1 N–H and O–H groups in total. The van der Waals surface area contributed by atoms with Gasteiger partial charge in [-0.2, -0.15) is 0 Å². The third-order valence-corrected chi connectivity index (χ3v) is 3.94. The highest BCUT2D eigenvalue weighted by molar-refractivity contribution is 6.01. The highest BCUT2D eigenvalue weighted by Crippen LogP contribution is 2.17. The van der Waals surface area contributed by atoms with E-state index in [1.54, 1.807) is 18.2 Å². The molecule has 0 aliphatic carbocycles. The van der Waals surface area contributed by atoms with Crippen molar-refractivity contribution in [1.29, 1.82) is 0 Å². The monoisotopic (exact) mass is 381 g/mol. The molecule has 0 bridgehead atoms. The van der Waals surface area contributed by atoms with Gasteiger partial charge in [-0.3, -0.25) is 14.2 Å². The average Bonchev–Trinajstić information content (AvgIpc) is 2.70. The van der Waals surface area contributed by atoms with Crippen LogP contribution < -0.4 is 10.9 Å². The number of nitrogens with zero attached hydrogens (tertiary/aromatic N) is 2. The third-order valence-electron chi connectivity index (χ3n) is 3.94. The first-order chi connectivity index (χ1) is 13.5. The smallest absolute Gasteiger partial charge is 0.339 e. The highest BCUT2D eigenvalue weighted by Gasteiger charge is 2.14. The molecule has 0 saturated carbocycles. The van der Waals surface area contributed by atoms with Crippen molar-refractivity contribution in [2.24, 2.45) is 0 Å². The Bertz CT molecular complexity index is 1080. The topological polar surface area (TPSA) is 90.3 Å². The Morgan fingerprint density at radius 3 is 2.54 bits per heavy atom. The highest BCUT2D eigenvalue weighted by atomic mass is 19.1. The lowest BCUT2D eigenvalue weighted by atomic mass is 10.1. The molecule has 7 nitrogen and oxygen atoms in total. The molecule has 1 aromatic heterocycles. The molecule has 0 unspecified atom stereocenters. The molecule has 3 rings (SSSR count). The fourth-order valence-corrected chi connectivity index (χ4v) is 2.55. The summed E-state index contributed by atoms with van der Waals surface area (Å²) < 4.78 is 18.8. The van der Waals surface area contributed by atoms with Gasteiger partial charge >= 0.3 is 5.97 Å². The molecule has 142 valence electrons. The van der Waals surface area contributed by atoms with E-state index in [2.05, 4.69) is 15.0 Å². The first kappa shape index (κ1) is 19.0. The summed E-state index contributed by atoms with van der Waals surface area (Å²) in [4.78, 5) is 40.5. The van der Waals surface area contributed by atoms with Gasteiger partial charge in [-0.1, -0.05) is 12.1 Å². The van der Waals surface area contributed by atoms with E-state index in [-0.39, 0.29) is 23.6 Å². The van der Waals surface area contributed by atoms with Crippen molar-refractivity contribution in [1.82, 2.24) is 9.55 Å². The van der Waals surface area contributed by atoms with Crippen LogP contribution in [0, 0.1) is 5.82 Å². The lowest BCUT2D eigenvalue weighted by Gasteiger charge is -2.10. The van der Waals surface area contributed by atoms with E-state index in [9.17, 15) is 18.8 Å². The number of hydrogen-bond acceptors (Lipinski definition) is 5. The van der Waals surface area contributed by atoms with Crippen molar-refractivity contribution < 1.29 is 18.7 Å².